The summed E-state index contributed by atoms with van der Waals surface area (Å²) in [6.45, 7) is 0. The molecule has 0 aliphatic heterocycles. The number of aryl methyl sites for hydroxylation is 1. The van der Waals surface area contributed by atoms with Crippen LogP contribution in [0.2, 0.25) is 0 Å². The standard InChI is InChI=1S/C11H14OS/c12-10(8-9-3-4-9)5-6-11-2-1-7-13-11/h1-2,7,9H,3-6,8H2. The molecule has 1 aliphatic carbocycles. The molecular weight excluding hydrogens is 180 g/mol. The average Bonchev–Trinajstić information content (AvgIpc) is 2.78. The van der Waals surface area contributed by atoms with Crippen molar-refractivity contribution < 1.29 is 4.79 Å². The summed E-state index contributed by atoms with van der Waals surface area (Å²) in [5.41, 5.74) is 0. The summed E-state index contributed by atoms with van der Waals surface area (Å²) in [7, 11) is 0. The number of hydrogen-bond acceptors (Lipinski definition) is 2. The lowest BCUT2D eigenvalue weighted by Crippen LogP contribution is -2.00. The van der Waals surface area contributed by atoms with E-state index < -0.39 is 0 Å². The number of Topliss-reactive ketones (excluding diaryl/α,β-unsaturated/α-hetero) is 1. The quantitative estimate of drug-likeness (QED) is 0.704. The summed E-state index contributed by atoms with van der Waals surface area (Å²) in [6, 6.07) is 4.15. The smallest absolute Gasteiger partial charge is 0.133 e. The highest BCUT2D eigenvalue weighted by Crippen LogP contribution is 2.33. The molecule has 0 amide bonds. The Balaban J connectivity index is 1.69. The van der Waals surface area contributed by atoms with E-state index in [4.69, 9.17) is 0 Å². The second kappa shape index (κ2) is 4.05. The molecule has 1 nitrogen and oxygen atoms in total. The molecule has 2 rings (SSSR count). The third-order valence-corrected chi connectivity index (χ3v) is 3.38. The van der Waals surface area contributed by atoms with Gasteiger partial charge in [0.1, 0.15) is 5.78 Å². The first-order valence-electron chi connectivity index (χ1n) is 4.88. The van der Waals surface area contributed by atoms with E-state index in [2.05, 4.69) is 11.4 Å². The minimum Gasteiger partial charge on any atom is -0.300 e. The van der Waals surface area contributed by atoms with Gasteiger partial charge in [-0.3, -0.25) is 4.79 Å². The second-order valence-corrected chi connectivity index (χ2v) is 4.80. The summed E-state index contributed by atoms with van der Waals surface area (Å²) in [5.74, 6) is 1.20. The minimum absolute atomic E-state index is 0.455. The molecule has 0 spiro atoms. The zero-order valence-corrected chi connectivity index (χ0v) is 8.48. The van der Waals surface area contributed by atoms with Crippen LogP contribution in [0.25, 0.3) is 0 Å². The van der Waals surface area contributed by atoms with Crippen molar-refractivity contribution in [1.29, 1.82) is 0 Å². The van der Waals surface area contributed by atoms with Gasteiger partial charge in [-0.1, -0.05) is 6.07 Å². The van der Waals surface area contributed by atoms with Gasteiger partial charge >= 0.3 is 0 Å². The van der Waals surface area contributed by atoms with Crippen LogP contribution in [0.4, 0.5) is 0 Å². The van der Waals surface area contributed by atoms with Crippen LogP contribution in [0.5, 0.6) is 0 Å². The third kappa shape index (κ3) is 2.96. The molecule has 0 radical (unpaired) electrons. The van der Waals surface area contributed by atoms with Crippen LogP contribution in [0, 0.1) is 5.92 Å². The number of carbonyl (C=O) groups excluding carboxylic acids is 1. The number of rotatable bonds is 5. The first-order valence-corrected chi connectivity index (χ1v) is 5.76. The lowest BCUT2D eigenvalue weighted by molar-refractivity contribution is -0.119. The predicted molar refractivity (Wildman–Crippen MR) is 55.0 cm³/mol. The molecule has 1 heterocycles. The van der Waals surface area contributed by atoms with Crippen molar-refractivity contribution in [3.8, 4) is 0 Å². The Morgan fingerprint density at radius 1 is 1.54 bits per heavy atom. The molecule has 0 unspecified atom stereocenters. The maximum absolute atomic E-state index is 11.4. The van der Waals surface area contributed by atoms with E-state index in [0.29, 0.717) is 5.78 Å². The van der Waals surface area contributed by atoms with Crippen molar-refractivity contribution in [2.24, 2.45) is 5.92 Å². The Labute approximate surface area is 82.8 Å². The maximum atomic E-state index is 11.4. The zero-order valence-electron chi connectivity index (χ0n) is 7.66. The van der Waals surface area contributed by atoms with Crippen LogP contribution in [-0.2, 0) is 11.2 Å². The molecule has 0 bridgehead atoms. The Morgan fingerprint density at radius 2 is 2.38 bits per heavy atom. The Morgan fingerprint density at radius 3 is 3.00 bits per heavy atom. The monoisotopic (exact) mass is 194 g/mol. The van der Waals surface area contributed by atoms with Gasteiger partial charge in [-0.25, -0.2) is 0 Å². The van der Waals surface area contributed by atoms with Gasteiger partial charge in [-0.05, 0) is 36.6 Å². The van der Waals surface area contributed by atoms with Gasteiger partial charge in [-0.15, -0.1) is 11.3 Å². The number of carbonyl (C=O) groups is 1. The van der Waals surface area contributed by atoms with Crippen LogP contribution >= 0.6 is 11.3 Å². The van der Waals surface area contributed by atoms with Crippen molar-refractivity contribution in [3.05, 3.63) is 22.4 Å². The van der Waals surface area contributed by atoms with Crippen LogP contribution in [-0.4, -0.2) is 5.78 Å². The Hall–Kier alpha value is -0.630. The highest BCUT2D eigenvalue weighted by molar-refractivity contribution is 7.09. The number of ketones is 1. The molecule has 0 saturated heterocycles. The van der Waals surface area contributed by atoms with E-state index in [1.54, 1.807) is 11.3 Å². The molecule has 1 fully saturated rings. The second-order valence-electron chi connectivity index (χ2n) is 3.77. The fourth-order valence-electron chi connectivity index (χ4n) is 1.46. The van der Waals surface area contributed by atoms with Crippen molar-refractivity contribution in [1.82, 2.24) is 0 Å². The highest BCUT2D eigenvalue weighted by atomic mass is 32.1. The summed E-state index contributed by atoms with van der Waals surface area (Å²) in [5, 5.41) is 2.07. The largest absolute Gasteiger partial charge is 0.300 e. The lowest BCUT2D eigenvalue weighted by Gasteiger charge is -1.97. The fourth-order valence-corrected chi connectivity index (χ4v) is 2.17. The molecule has 13 heavy (non-hydrogen) atoms. The normalized spacial score (nSPS) is 16.0. The van der Waals surface area contributed by atoms with E-state index in [1.165, 1.54) is 17.7 Å². The van der Waals surface area contributed by atoms with Crippen molar-refractivity contribution in [3.63, 3.8) is 0 Å². The van der Waals surface area contributed by atoms with E-state index in [-0.39, 0.29) is 0 Å². The van der Waals surface area contributed by atoms with Crippen LogP contribution in [0.1, 0.15) is 30.6 Å². The maximum Gasteiger partial charge on any atom is 0.133 e. The molecule has 1 aromatic heterocycles. The Kier molecular flexibility index (Phi) is 2.79. The zero-order chi connectivity index (χ0) is 9.10. The highest BCUT2D eigenvalue weighted by Gasteiger charge is 2.23. The summed E-state index contributed by atoms with van der Waals surface area (Å²) in [6.07, 6.45) is 5.10. The third-order valence-electron chi connectivity index (χ3n) is 2.44. The first-order chi connectivity index (χ1) is 6.34. The minimum atomic E-state index is 0.455. The van der Waals surface area contributed by atoms with Gasteiger partial charge in [0.15, 0.2) is 0 Å². The average molecular weight is 194 g/mol. The molecule has 2 heteroatoms. The van der Waals surface area contributed by atoms with E-state index >= 15 is 0 Å². The molecule has 1 aliphatic rings. The molecule has 0 N–H and O–H groups in total. The van der Waals surface area contributed by atoms with Gasteiger partial charge in [0.2, 0.25) is 0 Å². The Bertz CT molecular complexity index is 272. The van der Waals surface area contributed by atoms with Crippen LogP contribution in [0.15, 0.2) is 17.5 Å². The summed E-state index contributed by atoms with van der Waals surface area (Å²) < 4.78 is 0. The molecule has 0 aromatic carbocycles. The van der Waals surface area contributed by atoms with Gasteiger partial charge in [-0.2, -0.15) is 0 Å². The molecule has 0 atom stereocenters. The van der Waals surface area contributed by atoms with Gasteiger partial charge in [0.25, 0.3) is 0 Å². The molecule has 1 saturated carbocycles. The van der Waals surface area contributed by atoms with Gasteiger partial charge in [0.05, 0.1) is 0 Å². The van der Waals surface area contributed by atoms with Crippen LogP contribution in [0.3, 0.4) is 0 Å². The van der Waals surface area contributed by atoms with Crippen LogP contribution < -0.4 is 0 Å². The van der Waals surface area contributed by atoms with E-state index in [1.807, 2.05) is 6.07 Å². The van der Waals surface area contributed by atoms with Crippen molar-refractivity contribution in [2.45, 2.75) is 32.1 Å². The molecule has 70 valence electrons. The van der Waals surface area contributed by atoms with Crippen molar-refractivity contribution >= 4 is 17.1 Å². The predicted octanol–water partition coefficient (Wildman–Crippen LogP) is 3.05. The van der Waals surface area contributed by atoms with E-state index in [9.17, 15) is 4.79 Å². The summed E-state index contributed by atoms with van der Waals surface area (Å²) >= 11 is 1.75. The number of hydrogen-bond donors (Lipinski definition) is 0. The lowest BCUT2D eigenvalue weighted by atomic mass is 10.1. The first kappa shape index (κ1) is 8.95. The van der Waals surface area contributed by atoms with Crippen molar-refractivity contribution in [2.75, 3.05) is 0 Å². The molecule has 1 aromatic rings. The topological polar surface area (TPSA) is 17.1 Å². The fraction of sp³-hybridized carbons (Fsp3) is 0.545. The van der Waals surface area contributed by atoms with E-state index in [0.717, 1.165) is 25.2 Å². The van der Waals surface area contributed by atoms with Gasteiger partial charge < -0.3 is 0 Å². The van der Waals surface area contributed by atoms with Gasteiger partial charge in [0, 0.05) is 17.7 Å². The SMILES string of the molecule is O=C(CCc1cccs1)CC1CC1. The number of thiophene rings is 1. The summed E-state index contributed by atoms with van der Waals surface area (Å²) in [4.78, 5) is 12.7. The molecular formula is C11H14OS.